The van der Waals surface area contributed by atoms with Crippen molar-refractivity contribution in [2.75, 3.05) is 4.90 Å². The standard InChI is InChI=1S/C61H40N2O/c1-6-21-41(22-7-1)57-59-48-38-37-46(39-53(48)63(45-29-14-5-15-30-45)54(59)40-56-60(57)49-32-17-19-36-55(49)64-56)62(44-27-12-4-13-28-44)52-35-20-34-51-58(52)47-31-16-18-33-50(47)61(51,42-23-8-2-9-24-42)43-25-10-3-11-26-43/h1-40H. The molecule has 3 heteroatoms. The zero-order valence-corrected chi connectivity index (χ0v) is 34.9. The minimum Gasteiger partial charge on any atom is -0.456 e. The predicted octanol–water partition coefficient (Wildman–Crippen LogP) is 16.2. The third kappa shape index (κ3) is 5.22. The first-order valence-electron chi connectivity index (χ1n) is 22.0. The molecule has 0 aliphatic heterocycles. The van der Waals surface area contributed by atoms with E-state index in [9.17, 15) is 0 Å². The third-order valence-corrected chi connectivity index (χ3v) is 13.4. The largest absolute Gasteiger partial charge is 0.456 e. The van der Waals surface area contributed by atoms with E-state index >= 15 is 0 Å². The maximum Gasteiger partial charge on any atom is 0.138 e. The van der Waals surface area contributed by atoms with Crippen molar-refractivity contribution in [2.45, 2.75) is 5.41 Å². The van der Waals surface area contributed by atoms with E-state index < -0.39 is 5.41 Å². The van der Waals surface area contributed by atoms with Crippen LogP contribution in [0.3, 0.4) is 0 Å². The zero-order valence-electron chi connectivity index (χ0n) is 34.9. The van der Waals surface area contributed by atoms with E-state index in [1.807, 2.05) is 0 Å². The maximum atomic E-state index is 6.72. The molecule has 1 aliphatic carbocycles. The molecule has 1 aliphatic rings. The molecule has 0 N–H and O–H groups in total. The summed E-state index contributed by atoms with van der Waals surface area (Å²) in [6, 6.07) is 88.2. The smallest absolute Gasteiger partial charge is 0.138 e. The average Bonchev–Trinajstić information content (AvgIpc) is 4.01. The molecule has 0 radical (unpaired) electrons. The van der Waals surface area contributed by atoms with Crippen molar-refractivity contribution in [1.29, 1.82) is 0 Å². The molecule has 300 valence electrons. The van der Waals surface area contributed by atoms with E-state index in [-0.39, 0.29) is 0 Å². The Hall–Kier alpha value is -8.40. The van der Waals surface area contributed by atoms with Gasteiger partial charge in [0.2, 0.25) is 0 Å². The number of anilines is 3. The number of furan rings is 1. The molecule has 0 amide bonds. The fourth-order valence-corrected chi connectivity index (χ4v) is 10.9. The molecule has 0 fully saturated rings. The minimum absolute atomic E-state index is 0.522. The predicted molar refractivity (Wildman–Crippen MR) is 265 cm³/mol. The summed E-state index contributed by atoms with van der Waals surface area (Å²) in [5.41, 5.74) is 17.7. The molecule has 2 aromatic heterocycles. The Balaban J connectivity index is 1.13. The molecule has 0 unspecified atom stereocenters. The van der Waals surface area contributed by atoms with Crippen LogP contribution >= 0.6 is 0 Å². The lowest BCUT2D eigenvalue weighted by molar-refractivity contribution is 0.669. The van der Waals surface area contributed by atoms with Crippen LogP contribution in [0.1, 0.15) is 22.3 Å². The summed E-state index contributed by atoms with van der Waals surface area (Å²) in [6.07, 6.45) is 0. The van der Waals surface area contributed by atoms with Crippen molar-refractivity contribution in [3.63, 3.8) is 0 Å². The summed E-state index contributed by atoms with van der Waals surface area (Å²) < 4.78 is 9.15. The molecule has 10 aromatic carbocycles. The van der Waals surface area contributed by atoms with Crippen molar-refractivity contribution in [1.82, 2.24) is 4.57 Å². The molecule has 0 spiro atoms. The quantitative estimate of drug-likeness (QED) is 0.160. The van der Waals surface area contributed by atoms with Gasteiger partial charge in [0, 0.05) is 55.8 Å². The van der Waals surface area contributed by atoms with Gasteiger partial charge in [0.05, 0.1) is 22.1 Å². The van der Waals surface area contributed by atoms with E-state index in [2.05, 4.69) is 252 Å². The van der Waals surface area contributed by atoms with E-state index in [0.717, 1.165) is 61.3 Å². The van der Waals surface area contributed by atoms with Crippen molar-refractivity contribution < 1.29 is 4.42 Å². The molecule has 12 aromatic rings. The number of aromatic nitrogens is 1. The highest BCUT2D eigenvalue weighted by atomic mass is 16.3. The summed E-state index contributed by atoms with van der Waals surface area (Å²) in [7, 11) is 0. The van der Waals surface area contributed by atoms with Crippen LogP contribution in [0.2, 0.25) is 0 Å². The number of rotatable bonds is 7. The van der Waals surface area contributed by atoms with Gasteiger partial charge in [-0.1, -0.05) is 188 Å². The van der Waals surface area contributed by atoms with E-state index in [0.29, 0.717) is 0 Å². The van der Waals surface area contributed by atoms with Gasteiger partial charge in [-0.05, 0) is 81.9 Å². The Morgan fingerprint density at radius 3 is 1.73 bits per heavy atom. The first kappa shape index (κ1) is 36.3. The summed E-state index contributed by atoms with van der Waals surface area (Å²) >= 11 is 0. The number of para-hydroxylation sites is 3. The van der Waals surface area contributed by atoms with Gasteiger partial charge in [0.15, 0.2) is 0 Å². The van der Waals surface area contributed by atoms with E-state index in [1.54, 1.807) is 0 Å². The van der Waals surface area contributed by atoms with Gasteiger partial charge >= 0.3 is 0 Å². The van der Waals surface area contributed by atoms with Gasteiger partial charge in [-0.15, -0.1) is 0 Å². The number of hydrogen-bond donors (Lipinski definition) is 0. The number of nitrogens with zero attached hydrogens (tertiary/aromatic N) is 2. The lowest BCUT2D eigenvalue weighted by atomic mass is 9.68. The Labute approximate surface area is 371 Å². The van der Waals surface area contributed by atoms with Gasteiger partial charge in [0.25, 0.3) is 0 Å². The van der Waals surface area contributed by atoms with Crippen molar-refractivity contribution in [2.24, 2.45) is 0 Å². The number of benzene rings is 10. The van der Waals surface area contributed by atoms with Gasteiger partial charge in [-0.25, -0.2) is 0 Å². The second-order valence-corrected chi connectivity index (χ2v) is 16.8. The zero-order chi connectivity index (χ0) is 42.2. The molecule has 0 atom stereocenters. The molecular weight excluding hydrogens is 777 g/mol. The Morgan fingerprint density at radius 2 is 1.00 bits per heavy atom. The molecule has 0 saturated heterocycles. The summed E-state index contributed by atoms with van der Waals surface area (Å²) in [5, 5.41) is 4.63. The second kappa shape index (κ2) is 14.3. The van der Waals surface area contributed by atoms with Crippen LogP contribution in [-0.4, -0.2) is 4.57 Å². The number of fused-ring (bicyclic) bond motifs is 9. The first-order chi connectivity index (χ1) is 31.8. The first-order valence-corrected chi connectivity index (χ1v) is 22.0. The Bertz CT molecular complexity index is 3660. The maximum absolute atomic E-state index is 6.72. The molecule has 0 saturated carbocycles. The Morgan fingerprint density at radius 1 is 0.391 bits per heavy atom. The van der Waals surface area contributed by atoms with Crippen LogP contribution in [0.25, 0.3) is 71.7 Å². The number of hydrogen-bond acceptors (Lipinski definition) is 2. The lowest BCUT2D eigenvalue weighted by Gasteiger charge is -2.34. The van der Waals surface area contributed by atoms with Gasteiger partial charge < -0.3 is 13.9 Å². The highest BCUT2D eigenvalue weighted by Crippen LogP contribution is 2.59. The molecule has 64 heavy (non-hydrogen) atoms. The summed E-state index contributed by atoms with van der Waals surface area (Å²) in [4.78, 5) is 2.46. The topological polar surface area (TPSA) is 21.3 Å². The van der Waals surface area contributed by atoms with Gasteiger partial charge in [0.1, 0.15) is 11.2 Å². The van der Waals surface area contributed by atoms with E-state index in [4.69, 9.17) is 4.42 Å². The van der Waals surface area contributed by atoms with Crippen molar-refractivity contribution in [3.8, 4) is 27.9 Å². The molecule has 2 heterocycles. The highest BCUT2D eigenvalue weighted by Gasteiger charge is 2.47. The molecule has 13 rings (SSSR count). The van der Waals surface area contributed by atoms with Crippen LogP contribution in [0.5, 0.6) is 0 Å². The van der Waals surface area contributed by atoms with Crippen LogP contribution in [0, 0.1) is 0 Å². The van der Waals surface area contributed by atoms with Gasteiger partial charge in [-0.3, -0.25) is 0 Å². The normalized spacial score (nSPS) is 12.8. The molecular formula is C61H40N2O. The Kier molecular flexibility index (Phi) is 8.13. The summed E-state index contributed by atoms with van der Waals surface area (Å²) in [6.45, 7) is 0. The fraction of sp³-hybridized carbons (Fsp3) is 0.0164. The van der Waals surface area contributed by atoms with Crippen LogP contribution < -0.4 is 4.90 Å². The van der Waals surface area contributed by atoms with Crippen LogP contribution in [0.4, 0.5) is 17.1 Å². The van der Waals surface area contributed by atoms with Crippen molar-refractivity contribution in [3.05, 3.63) is 265 Å². The molecule has 3 nitrogen and oxygen atoms in total. The lowest BCUT2D eigenvalue weighted by Crippen LogP contribution is -2.28. The van der Waals surface area contributed by atoms with Crippen LogP contribution in [0.15, 0.2) is 247 Å². The summed E-state index contributed by atoms with van der Waals surface area (Å²) in [5.74, 6) is 0. The van der Waals surface area contributed by atoms with Gasteiger partial charge in [-0.2, -0.15) is 0 Å². The van der Waals surface area contributed by atoms with E-state index in [1.165, 1.54) is 49.7 Å². The van der Waals surface area contributed by atoms with Crippen LogP contribution in [-0.2, 0) is 5.41 Å². The van der Waals surface area contributed by atoms with Crippen molar-refractivity contribution >= 4 is 60.8 Å². The third-order valence-electron chi connectivity index (χ3n) is 13.4. The minimum atomic E-state index is -0.522. The highest BCUT2D eigenvalue weighted by molar-refractivity contribution is 6.27. The average molecular weight is 817 g/mol. The SMILES string of the molecule is c1ccc(-c2c3c(cc4c2c2ccc(N(c5ccccc5)c5cccc6c5-c5ccccc5C6(c5ccccc5)c5ccccc5)cc2n4-c2ccccc2)oc2ccccc23)cc1. The monoisotopic (exact) mass is 816 g/mol. The fourth-order valence-electron chi connectivity index (χ4n) is 10.9. The molecule has 0 bridgehead atoms. The second-order valence-electron chi connectivity index (χ2n) is 16.8.